The van der Waals surface area contributed by atoms with E-state index in [0.29, 0.717) is 30.0 Å². The van der Waals surface area contributed by atoms with E-state index in [9.17, 15) is 4.79 Å². The lowest BCUT2D eigenvalue weighted by molar-refractivity contribution is 0.0961. The monoisotopic (exact) mass is 370 g/mol. The highest BCUT2D eigenvalue weighted by atomic mass is 16.5. The Kier molecular flexibility index (Phi) is 3.90. The Morgan fingerprint density at radius 3 is 2.64 bits per heavy atom. The predicted octanol–water partition coefficient (Wildman–Crippen LogP) is 3.71. The number of hydrogen-bond acceptors (Lipinski definition) is 5. The maximum atomic E-state index is 12.8. The fourth-order valence-electron chi connectivity index (χ4n) is 3.88. The van der Waals surface area contributed by atoms with Gasteiger partial charge in [0.2, 0.25) is 0 Å². The largest absolute Gasteiger partial charge is 0.496 e. The summed E-state index contributed by atoms with van der Waals surface area (Å²) in [4.78, 5) is 21.8. The van der Waals surface area contributed by atoms with Gasteiger partial charge in [-0.05, 0) is 18.1 Å². The fraction of sp³-hybridized carbons (Fsp3) is 0.182. The second-order valence-electron chi connectivity index (χ2n) is 6.90. The number of ether oxygens (including phenoxy) is 1. The zero-order valence-electron chi connectivity index (χ0n) is 15.4. The first-order valence-electron chi connectivity index (χ1n) is 9.21. The van der Waals surface area contributed by atoms with Gasteiger partial charge in [-0.25, -0.2) is 4.98 Å². The molecular formula is C22H18N4O2. The zero-order valence-corrected chi connectivity index (χ0v) is 15.4. The topological polar surface area (TPSA) is 69.4 Å². The lowest BCUT2D eigenvalue weighted by atomic mass is 9.82. The van der Waals surface area contributed by atoms with E-state index in [4.69, 9.17) is 4.74 Å². The second-order valence-corrected chi connectivity index (χ2v) is 6.90. The third-order valence-corrected chi connectivity index (χ3v) is 5.25. The van der Waals surface area contributed by atoms with Gasteiger partial charge in [0.15, 0.2) is 11.6 Å². The van der Waals surface area contributed by atoms with Crippen LogP contribution in [-0.2, 0) is 6.42 Å². The number of carbonyl (C=O) groups is 1. The molecule has 2 aromatic carbocycles. The van der Waals surface area contributed by atoms with Gasteiger partial charge in [0.25, 0.3) is 5.78 Å². The highest BCUT2D eigenvalue weighted by Gasteiger charge is 2.31. The van der Waals surface area contributed by atoms with Crippen LogP contribution in [0.15, 0.2) is 60.8 Å². The van der Waals surface area contributed by atoms with Crippen LogP contribution in [0.5, 0.6) is 5.75 Å². The summed E-state index contributed by atoms with van der Waals surface area (Å²) in [5, 5.41) is 4.66. The van der Waals surface area contributed by atoms with Crippen LogP contribution in [0.25, 0.3) is 17.2 Å². The Morgan fingerprint density at radius 1 is 1.04 bits per heavy atom. The molecule has 4 aromatic rings. The van der Waals surface area contributed by atoms with Crippen molar-refractivity contribution in [1.29, 1.82) is 0 Å². The highest BCUT2D eigenvalue weighted by Crippen LogP contribution is 2.36. The summed E-state index contributed by atoms with van der Waals surface area (Å²) in [5.74, 6) is 2.02. The number of hydrogen-bond donors (Lipinski definition) is 0. The quantitative estimate of drug-likeness (QED) is 0.550. The van der Waals surface area contributed by atoms with Crippen molar-refractivity contribution in [2.24, 2.45) is 0 Å². The first kappa shape index (κ1) is 16.6. The molecule has 0 saturated heterocycles. The SMILES string of the molecule is COc1ccccc1C1CC(=O)c2cnc3nc(-c4ccccc4)nn3c2C1. The van der Waals surface area contributed by atoms with Gasteiger partial charge in [0.05, 0.1) is 18.4 Å². The van der Waals surface area contributed by atoms with Crippen molar-refractivity contribution in [1.82, 2.24) is 19.6 Å². The number of aromatic nitrogens is 4. The number of carbonyl (C=O) groups excluding carboxylic acids is 1. The lowest BCUT2D eigenvalue weighted by Gasteiger charge is -2.25. The third kappa shape index (κ3) is 2.65. The van der Waals surface area contributed by atoms with Crippen molar-refractivity contribution in [3.05, 3.63) is 77.6 Å². The first-order chi connectivity index (χ1) is 13.7. The molecule has 5 rings (SSSR count). The molecule has 0 fully saturated rings. The van der Waals surface area contributed by atoms with Gasteiger partial charge in [-0.15, -0.1) is 5.10 Å². The van der Waals surface area contributed by atoms with Gasteiger partial charge >= 0.3 is 0 Å². The van der Waals surface area contributed by atoms with Crippen LogP contribution in [-0.4, -0.2) is 32.5 Å². The molecule has 0 radical (unpaired) electrons. The Morgan fingerprint density at radius 2 is 1.82 bits per heavy atom. The zero-order chi connectivity index (χ0) is 19.1. The Labute approximate surface area is 161 Å². The van der Waals surface area contributed by atoms with Crippen LogP contribution in [0.4, 0.5) is 0 Å². The molecule has 0 N–H and O–H groups in total. The molecule has 1 aliphatic carbocycles. The van der Waals surface area contributed by atoms with Gasteiger partial charge in [0.1, 0.15) is 5.75 Å². The smallest absolute Gasteiger partial charge is 0.252 e. The number of methoxy groups -OCH3 is 1. The summed E-state index contributed by atoms with van der Waals surface area (Å²) < 4.78 is 7.23. The molecule has 6 heteroatoms. The van der Waals surface area contributed by atoms with Crippen molar-refractivity contribution < 1.29 is 9.53 Å². The van der Waals surface area contributed by atoms with Crippen LogP contribution in [0, 0.1) is 0 Å². The van der Waals surface area contributed by atoms with Gasteiger partial charge in [-0.2, -0.15) is 9.50 Å². The van der Waals surface area contributed by atoms with Crippen molar-refractivity contribution in [3.63, 3.8) is 0 Å². The summed E-state index contributed by atoms with van der Waals surface area (Å²) in [6.07, 6.45) is 2.74. The number of fused-ring (bicyclic) bond motifs is 3. The molecule has 138 valence electrons. The Balaban J connectivity index is 1.62. The van der Waals surface area contributed by atoms with Gasteiger partial charge in [-0.1, -0.05) is 48.5 Å². The van der Waals surface area contributed by atoms with Crippen LogP contribution in [0.1, 0.15) is 34.0 Å². The minimum absolute atomic E-state index is 0.0334. The first-order valence-corrected chi connectivity index (χ1v) is 9.21. The minimum Gasteiger partial charge on any atom is -0.496 e. The molecule has 0 bridgehead atoms. The summed E-state index contributed by atoms with van der Waals surface area (Å²) in [7, 11) is 1.66. The summed E-state index contributed by atoms with van der Waals surface area (Å²) in [6, 6.07) is 17.6. The van der Waals surface area contributed by atoms with Crippen LogP contribution >= 0.6 is 0 Å². The van der Waals surface area contributed by atoms with Gasteiger partial charge in [-0.3, -0.25) is 4.79 Å². The summed E-state index contributed by atoms with van der Waals surface area (Å²) in [6.45, 7) is 0. The van der Waals surface area contributed by atoms with E-state index in [1.807, 2.05) is 54.6 Å². The molecule has 6 nitrogen and oxygen atoms in total. The lowest BCUT2D eigenvalue weighted by Crippen LogP contribution is -2.22. The number of para-hydroxylation sites is 1. The van der Waals surface area contributed by atoms with E-state index >= 15 is 0 Å². The van der Waals surface area contributed by atoms with Crippen molar-refractivity contribution in [2.45, 2.75) is 18.8 Å². The van der Waals surface area contributed by atoms with E-state index in [1.165, 1.54) is 0 Å². The molecule has 0 saturated carbocycles. The number of rotatable bonds is 3. The molecule has 0 spiro atoms. The van der Waals surface area contributed by atoms with Gasteiger partial charge in [0, 0.05) is 24.1 Å². The molecule has 0 amide bonds. The molecule has 2 heterocycles. The van der Waals surface area contributed by atoms with E-state index in [0.717, 1.165) is 22.6 Å². The van der Waals surface area contributed by atoms with Crippen LogP contribution in [0.3, 0.4) is 0 Å². The number of Topliss-reactive ketones (excluding diaryl/α,β-unsaturated/α-hetero) is 1. The highest BCUT2D eigenvalue weighted by molar-refractivity contribution is 5.98. The summed E-state index contributed by atoms with van der Waals surface area (Å²) >= 11 is 0. The predicted molar refractivity (Wildman–Crippen MR) is 105 cm³/mol. The molecule has 1 unspecified atom stereocenters. The average molecular weight is 370 g/mol. The normalized spacial score (nSPS) is 16.2. The average Bonchev–Trinajstić information content (AvgIpc) is 3.19. The standard InChI is InChI=1S/C22H18N4O2/c1-28-20-10-6-5-9-16(20)15-11-18-17(19(27)12-15)13-23-22-24-21(25-26(18)22)14-7-3-2-4-8-14/h2-10,13,15H,11-12H2,1H3. The fourth-order valence-corrected chi connectivity index (χ4v) is 3.88. The Bertz CT molecular complexity index is 1180. The maximum absolute atomic E-state index is 12.8. The molecular weight excluding hydrogens is 352 g/mol. The van der Waals surface area contributed by atoms with Crippen molar-refractivity contribution in [3.8, 4) is 17.1 Å². The maximum Gasteiger partial charge on any atom is 0.252 e. The van der Waals surface area contributed by atoms with Gasteiger partial charge < -0.3 is 4.74 Å². The Hall–Kier alpha value is -3.54. The van der Waals surface area contributed by atoms with Crippen LogP contribution in [0.2, 0.25) is 0 Å². The second kappa shape index (κ2) is 6.56. The molecule has 0 aliphatic heterocycles. The van der Waals surface area contributed by atoms with E-state index in [2.05, 4.69) is 15.1 Å². The summed E-state index contributed by atoms with van der Waals surface area (Å²) in [5.41, 5.74) is 3.44. The molecule has 28 heavy (non-hydrogen) atoms. The molecule has 1 atom stereocenters. The van der Waals surface area contributed by atoms with Crippen LogP contribution < -0.4 is 4.74 Å². The van der Waals surface area contributed by atoms with E-state index in [1.54, 1.807) is 17.8 Å². The third-order valence-electron chi connectivity index (χ3n) is 5.25. The number of ketones is 1. The number of benzene rings is 2. The molecule has 2 aromatic heterocycles. The number of nitrogens with zero attached hydrogens (tertiary/aromatic N) is 4. The molecule has 1 aliphatic rings. The van der Waals surface area contributed by atoms with Crippen molar-refractivity contribution >= 4 is 11.6 Å². The van der Waals surface area contributed by atoms with E-state index < -0.39 is 0 Å². The van der Waals surface area contributed by atoms with Crippen molar-refractivity contribution in [2.75, 3.05) is 7.11 Å². The minimum atomic E-state index is 0.0334. The van der Waals surface area contributed by atoms with E-state index in [-0.39, 0.29) is 11.7 Å².